The van der Waals surface area contributed by atoms with Gasteiger partial charge in [-0.1, -0.05) is 11.6 Å². The van der Waals surface area contributed by atoms with Gasteiger partial charge < -0.3 is 4.90 Å². The van der Waals surface area contributed by atoms with Crippen LogP contribution < -0.4 is 0 Å². The molecule has 2 atom stereocenters. The van der Waals surface area contributed by atoms with Crippen LogP contribution in [0.25, 0.3) is 0 Å². The van der Waals surface area contributed by atoms with Crippen LogP contribution in [0.4, 0.5) is 0 Å². The molecule has 0 aromatic heterocycles. The molecule has 1 heteroatoms. The van der Waals surface area contributed by atoms with Crippen molar-refractivity contribution in [3.8, 4) is 0 Å². The molecule has 0 N–H and O–H groups in total. The normalized spacial score (nSPS) is 37.3. The van der Waals surface area contributed by atoms with Gasteiger partial charge >= 0.3 is 0 Å². The van der Waals surface area contributed by atoms with E-state index in [0.717, 1.165) is 12.0 Å². The highest BCUT2D eigenvalue weighted by Gasteiger charge is 2.34. The minimum absolute atomic E-state index is 0.861. The van der Waals surface area contributed by atoms with E-state index in [9.17, 15) is 0 Å². The van der Waals surface area contributed by atoms with Crippen LogP contribution in [0.5, 0.6) is 0 Å². The van der Waals surface area contributed by atoms with Gasteiger partial charge in [-0.15, -0.1) is 0 Å². The Bertz CT molecular complexity index is 170. The molecule has 0 saturated heterocycles. The SMILES string of the molecule is CN(C)C1CC2=CCC1C2. The Morgan fingerprint density at radius 1 is 1.40 bits per heavy atom. The van der Waals surface area contributed by atoms with Crippen molar-refractivity contribution >= 4 is 0 Å². The largest absolute Gasteiger partial charge is 0.306 e. The van der Waals surface area contributed by atoms with Gasteiger partial charge in [0.2, 0.25) is 0 Å². The maximum Gasteiger partial charge on any atom is 0.0161 e. The van der Waals surface area contributed by atoms with Crippen molar-refractivity contribution in [3.05, 3.63) is 11.6 Å². The summed E-state index contributed by atoms with van der Waals surface area (Å²) in [6.45, 7) is 0. The molecule has 2 unspecified atom stereocenters. The molecule has 0 amide bonds. The third kappa shape index (κ3) is 0.807. The Morgan fingerprint density at radius 3 is 2.50 bits per heavy atom. The summed E-state index contributed by atoms with van der Waals surface area (Å²) in [4.78, 5) is 2.38. The van der Waals surface area contributed by atoms with Crippen molar-refractivity contribution < 1.29 is 0 Å². The molecule has 2 bridgehead atoms. The summed E-state index contributed by atoms with van der Waals surface area (Å²) in [7, 11) is 4.40. The summed E-state index contributed by atoms with van der Waals surface area (Å²) in [5, 5.41) is 0. The van der Waals surface area contributed by atoms with E-state index in [1.54, 1.807) is 5.57 Å². The first-order valence-corrected chi connectivity index (χ1v) is 4.11. The van der Waals surface area contributed by atoms with E-state index in [4.69, 9.17) is 0 Å². The lowest BCUT2D eigenvalue weighted by Gasteiger charge is -2.25. The third-order valence-corrected chi connectivity index (χ3v) is 2.91. The van der Waals surface area contributed by atoms with E-state index in [1.165, 1.54) is 19.3 Å². The third-order valence-electron chi connectivity index (χ3n) is 2.91. The average molecular weight is 137 g/mol. The fraction of sp³-hybridized carbons (Fsp3) is 0.778. The predicted octanol–water partition coefficient (Wildman–Crippen LogP) is 1.66. The van der Waals surface area contributed by atoms with Gasteiger partial charge in [-0.25, -0.2) is 0 Å². The second kappa shape index (κ2) is 2.09. The number of hydrogen-bond donors (Lipinski definition) is 0. The molecule has 1 saturated carbocycles. The van der Waals surface area contributed by atoms with E-state index < -0.39 is 0 Å². The first-order valence-electron chi connectivity index (χ1n) is 4.11. The molecule has 0 heterocycles. The second-order valence-corrected chi connectivity index (χ2v) is 3.80. The topological polar surface area (TPSA) is 3.24 Å². The van der Waals surface area contributed by atoms with Crippen LogP contribution in [0.15, 0.2) is 11.6 Å². The first kappa shape index (κ1) is 6.41. The van der Waals surface area contributed by atoms with Crippen LogP contribution in [-0.2, 0) is 0 Å². The standard InChI is InChI=1S/C9H15N/c1-10(2)9-6-7-3-4-8(9)5-7/h3,8-9H,4-6H2,1-2H3. The molecule has 1 nitrogen and oxygen atoms in total. The van der Waals surface area contributed by atoms with Gasteiger partial charge in [0.25, 0.3) is 0 Å². The molecule has 2 aliphatic rings. The average Bonchev–Trinajstić information content (AvgIpc) is 2.44. The summed E-state index contributed by atoms with van der Waals surface area (Å²) in [5.74, 6) is 0.963. The van der Waals surface area contributed by atoms with Gasteiger partial charge in [-0.3, -0.25) is 0 Å². The number of rotatable bonds is 1. The quantitative estimate of drug-likeness (QED) is 0.497. The first-order chi connectivity index (χ1) is 4.77. The molecule has 56 valence electrons. The zero-order chi connectivity index (χ0) is 7.14. The molecule has 0 aliphatic heterocycles. The van der Waals surface area contributed by atoms with E-state index in [-0.39, 0.29) is 0 Å². The highest BCUT2D eigenvalue weighted by molar-refractivity contribution is 5.20. The summed E-state index contributed by atoms with van der Waals surface area (Å²) >= 11 is 0. The Morgan fingerprint density at radius 2 is 2.20 bits per heavy atom. The number of nitrogens with zero attached hydrogens (tertiary/aromatic N) is 1. The Labute approximate surface area is 62.7 Å². The van der Waals surface area contributed by atoms with Crippen molar-refractivity contribution in [2.24, 2.45) is 5.92 Å². The van der Waals surface area contributed by atoms with Crippen LogP contribution in [0.1, 0.15) is 19.3 Å². The van der Waals surface area contributed by atoms with Crippen molar-refractivity contribution in [1.29, 1.82) is 0 Å². The minimum Gasteiger partial charge on any atom is -0.306 e. The molecule has 0 spiro atoms. The molecule has 10 heavy (non-hydrogen) atoms. The molecule has 0 aromatic carbocycles. The van der Waals surface area contributed by atoms with Crippen molar-refractivity contribution in [3.63, 3.8) is 0 Å². The van der Waals surface area contributed by atoms with E-state index in [1.807, 2.05) is 0 Å². The monoisotopic (exact) mass is 137 g/mol. The van der Waals surface area contributed by atoms with Crippen molar-refractivity contribution in [2.45, 2.75) is 25.3 Å². The maximum absolute atomic E-state index is 2.44. The smallest absolute Gasteiger partial charge is 0.0161 e. The van der Waals surface area contributed by atoms with Gasteiger partial charge in [-0.2, -0.15) is 0 Å². The zero-order valence-corrected chi connectivity index (χ0v) is 6.80. The molecule has 1 fully saturated rings. The Kier molecular flexibility index (Phi) is 1.34. The lowest BCUT2D eigenvalue weighted by molar-refractivity contribution is 0.237. The van der Waals surface area contributed by atoms with Crippen LogP contribution in [0.2, 0.25) is 0 Å². The predicted molar refractivity (Wildman–Crippen MR) is 42.9 cm³/mol. The number of fused-ring (bicyclic) bond motifs is 2. The van der Waals surface area contributed by atoms with E-state index >= 15 is 0 Å². The van der Waals surface area contributed by atoms with Crippen molar-refractivity contribution in [2.75, 3.05) is 14.1 Å². The van der Waals surface area contributed by atoms with Crippen LogP contribution in [0.3, 0.4) is 0 Å². The minimum atomic E-state index is 0.861. The number of hydrogen-bond acceptors (Lipinski definition) is 1. The van der Waals surface area contributed by atoms with Gasteiger partial charge in [-0.05, 0) is 39.3 Å². The van der Waals surface area contributed by atoms with E-state index in [0.29, 0.717) is 0 Å². The molecular formula is C9H15N. The van der Waals surface area contributed by atoms with Gasteiger partial charge in [0, 0.05) is 6.04 Å². The van der Waals surface area contributed by atoms with E-state index in [2.05, 4.69) is 25.1 Å². The highest BCUT2D eigenvalue weighted by Crippen LogP contribution is 2.41. The number of allylic oxidation sites excluding steroid dienone is 1. The van der Waals surface area contributed by atoms with Crippen LogP contribution in [0, 0.1) is 5.92 Å². The summed E-state index contributed by atoms with van der Waals surface area (Å²) < 4.78 is 0. The molecule has 2 aliphatic carbocycles. The fourth-order valence-electron chi connectivity index (χ4n) is 2.32. The van der Waals surface area contributed by atoms with Gasteiger partial charge in [0.15, 0.2) is 0 Å². The van der Waals surface area contributed by atoms with Crippen LogP contribution >= 0.6 is 0 Å². The second-order valence-electron chi connectivity index (χ2n) is 3.80. The lowest BCUT2D eigenvalue weighted by atomic mass is 9.99. The van der Waals surface area contributed by atoms with Crippen LogP contribution in [-0.4, -0.2) is 25.0 Å². The molecule has 0 radical (unpaired) electrons. The maximum atomic E-state index is 2.44. The summed E-state index contributed by atoms with van der Waals surface area (Å²) in [6, 6.07) is 0.861. The summed E-state index contributed by atoms with van der Waals surface area (Å²) in [5.41, 5.74) is 1.71. The molecule has 2 rings (SSSR count). The van der Waals surface area contributed by atoms with Crippen molar-refractivity contribution in [1.82, 2.24) is 4.90 Å². The summed E-state index contributed by atoms with van der Waals surface area (Å²) in [6.07, 6.45) is 6.52. The fourth-order valence-corrected chi connectivity index (χ4v) is 2.32. The molecular weight excluding hydrogens is 122 g/mol. The molecule has 0 aromatic rings. The van der Waals surface area contributed by atoms with Gasteiger partial charge in [0.1, 0.15) is 0 Å². The lowest BCUT2D eigenvalue weighted by Crippen LogP contribution is -2.31. The highest BCUT2D eigenvalue weighted by atomic mass is 15.1. The van der Waals surface area contributed by atoms with Gasteiger partial charge in [0.05, 0.1) is 0 Å². The Balaban J connectivity index is 2.10. The zero-order valence-electron chi connectivity index (χ0n) is 6.80. The Hall–Kier alpha value is -0.300.